The van der Waals surface area contributed by atoms with E-state index in [1.54, 1.807) is 0 Å². The predicted octanol–water partition coefficient (Wildman–Crippen LogP) is 11.0. The number of hydrogen-bond donors (Lipinski definition) is 3. The number of Topliss-reactive ketones (excluding diaryl/α,β-unsaturated/α-hetero) is 3. The van der Waals surface area contributed by atoms with Crippen molar-refractivity contribution in [3.63, 3.8) is 0 Å². The molecule has 0 amide bonds. The summed E-state index contributed by atoms with van der Waals surface area (Å²) >= 11 is 0. The molecule has 0 saturated heterocycles. The molecule has 0 unspecified atom stereocenters. The second kappa shape index (κ2) is 15.9. The van der Waals surface area contributed by atoms with Gasteiger partial charge in [-0.05, 0) is 211 Å². The minimum absolute atomic E-state index is 0.0554. The number of ketones is 3. The molecule has 0 bridgehead atoms. The Bertz CT molecular complexity index is 1540. The molecule has 8 saturated carbocycles. The van der Waals surface area contributed by atoms with Gasteiger partial charge in [-0.3, -0.25) is 14.4 Å². The van der Waals surface area contributed by atoms with Gasteiger partial charge in [0.05, 0.1) is 17.3 Å². The fourth-order valence-electron chi connectivity index (χ4n) is 17.4. The van der Waals surface area contributed by atoms with Gasteiger partial charge in [0.15, 0.2) is 0 Å². The number of fused-ring (bicyclic) bond motifs is 10. The molecule has 8 rings (SSSR count). The van der Waals surface area contributed by atoms with Crippen LogP contribution in [0.2, 0.25) is 0 Å². The molecule has 8 aliphatic carbocycles. The van der Waals surface area contributed by atoms with Gasteiger partial charge in [0, 0.05) is 37.5 Å². The van der Waals surface area contributed by atoms with Crippen molar-refractivity contribution in [2.75, 3.05) is 0 Å². The third-order valence-electron chi connectivity index (χ3n) is 20.4. The number of carbonyl (C=O) groups excluding carboxylic acids is 3. The van der Waals surface area contributed by atoms with Gasteiger partial charge in [-0.15, -0.1) is 0 Å². The summed E-state index contributed by atoms with van der Waals surface area (Å²) in [5.74, 6) is 7.62. The van der Waals surface area contributed by atoms with E-state index in [9.17, 15) is 29.7 Å². The van der Waals surface area contributed by atoms with Crippen LogP contribution in [0, 0.1) is 92.7 Å². The number of aliphatic hydroxyl groups excluding tert-OH is 1. The quantitative estimate of drug-likeness (QED) is 0.225. The highest BCUT2D eigenvalue weighted by Crippen LogP contribution is 2.69. The Morgan fingerprint density at radius 1 is 0.603 bits per heavy atom. The van der Waals surface area contributed by atoms with Crippen molar-refractivity contribution in [3.05, 3.63) is 0 Å². The van der Waals surface area contributed by atoms with Crippen LogP contribution in [0.25, 0.3) is 0 Å². The molecule has 0 aromatic carbocycles. The van der Waals surface area contributed by atoms with Gasteiger partial charge < -0.3 is 15.3 Å². The zero-order chi connectivity index (χ0) is 42.4. The largest absolute Gasteiger partial charge is 0.393 e. The average Bonchev–Trinajstić information content (AvgIpc) is 3.65. The normalized spacial score (nSPS) is 47.3. The van der Waals surface area contributed by atoms with Crippen molar-refractivity contribution in [2.45, 2.75) is 215 Å². The van der Waals surface area contributed by atoms with Gasteiger partial charge >= 0.3 is 0 Å². The summed E-state index contributed by atoms with van der Waals surface area (Å²) < 4.78 is 0. The fourth-order valence-corrected chi connectivity index (χ4v) is 17.4. The summed E-state index contributed by atoms with van der Waals surface area (Å²) in [7, 11) is 0. The van der Waals surface area contributed by atoms with Gasteiger partial charge in [-0.1, -0.05) is 41.5 Å². The molecular formula is C52H86O6. The van der Waals surface area contributed by atoms with Crippen LogP contribution in [-0.2, 0) is 14.4 Å². The molecule has 330 valence electrons. The van der Waals surface area contributed by atoms with Crippen LogP contribution in [0.15, 0.2) is 0 Å². The van der Waals surface area contributed by atoms with Gasteiger partial charge in [0.25, 0.3) is 0 Å². The minimum Gasteiger partial charge on any atom is -0.393 e. The van der Waals surface area contributed by atoms with Crippen LogP contribution >= 0.6 is 0 Å². The Morgan fingerprint density at radius 3 is 1.52 bits per heavy atom. The van der Waals surface area contributed by atoms with Crippen LogP contribution in [0.4, 0.5) is 0 Å². The van der Waals surface area contributed by atoms with Crippen LogP contribution in [0.3, 0.4) is 0 Å². The van der Waals surface area contributed by atoms with Crippen LogP contribution < -0.4 is 0 Å². The smallest absolute Gasteiger partial charge is 0.137 e. The third kappa shape index (κ3) is 8.03. The average molecular weight is 807 g/mol. The molecule has 0 heterocycles. The van der Waals surface area contributed by atoms with Crippen LogP contribution in [0.1, 0.15) is 198 Å². The lowest BCUT2D eigenvalue weighted by Crippen LogP contribution is -2.58. The maximum Gasteiger partial charge on any atom is 0.137 e. The molecule has 8 fully saturated rings. The lowest BCUT2D eigenvalue weighted by molar-refractivity contribution is -0.162. The summed E-state index contributed by atoms with van der Waals surface area (Å²) in [5.41, 5.74) is -0.754. The summed E-state index contributed by atoms with van der Waals surface area (Å²) in [4.78, 5) is 39.5. The van der Waals surface area contributed by atoms with E-state index in [0.29, 0.717) is 89.4 Å². The van der Waals surface area contributed by atoms with E-state index in [1.165, 1.54) is 38.5 Å². The topological polar surface area (TPSA) is 112 Å². The molecule has 0 spiro atoms. The molecule has 17 atom stereocenters. The highest BCUT2D eigenvalue weighted by atomic mass is 16.3. The number of aliphatic hydroxyl groups is 3. The Kier molecular flexibility index (Phi) is 12.3. The molecule has 0 aromatic rings. The molecular weight excluding hydrogens is 721 g/mol. The molecule has 3 N–H and O–H groups in total. The number of carbonyl (C=O) groups is 3. The van der Waals surface area contributed by atoms with E-state index in [0.717, 1.165) is 77.0 Å². The number of rotatable bonds is 8. The molecule has 0 aromatic heterocycles. The molecule has 6 nitrogen and oxygen atoms in total. The maximum atomic E-state index is 13.7. The fraction of sp³-hybridized carbons (Fsp3) is 0.942. The van der Waals surface area contributed by atoms with Crippen molar-refractivity contribution in [1.29, 1.82) is 0 Å². The van der Waals surface area contributed by atoms with E-state index in [2.05, 4.69) is 41.5 Å². The van der Waals surface area contributed by atoms with Crippen molar-refractivity contribution in [3.8, 4) is 0 Å². The van der Waals surface area contributed by atoms with Crippen molar-refractivity contribution >= 4 is 17.3 Å². The van der Waals surface area contributed by atoms with Gasteiger partial charge in [0.1, 0.15) is 17.3 Å². The summed E-state index contributed by atoms with van der Waals surface area (Å²) in [6, 6.07) is 0. The first-order chi connectivity index (χ1) is 26.9. The van der Waals surface area contributed by atoms with E-state index in [4.69, 9.17) is 0 Å². The van der Waals surface area contributed by atoms with Gasteiger partial charge in [-0.2, -0.15) is 0 Å². The SMILES string of the molecule is C[C@H](CCC(C)(C)O)[C@H]1CC[C@H]2[C@@H]3CC[C@H]4CC(=O)CC[C@]4(C)[C@H]3C(=O)C[C@]12C.C[C@H](CCC(C)(C)O)[C@H]1CC[C@H]2[C@@H]3CC[C@H]4C[C@@H](O)CC[C@]4(C)[C@H]3C(=O)C[C@]12C. The van der Waals surface area contributed by atoms with Crippen molar-refractivity contribution < 1.29 is 29.7 Å². The minimum atomic E-state index is -0.605. The first-order valence-electron chi connectivity index (χ1n) is 24.6. The first kappa shape index (κ1) is 44.9. The van der Waals surface area contributed by atoms with Crippen LogP contribution in [-0.4, -0.2) is 50.0 Å². The van der Waals surface area contributed by atoms with E-state index in [1.807, 2.05) is 27.7 Å². The van der Waals surface area contributed by atoms with Gasteiger partial charge in [0.2, 0.25) is 0 Å². The predicted molar refractivity (Wildman–Crippen MR) is 232 cm³/mol. The maximum absolute atomic E-state index is 13.7. The second-order valence-corrected chi connectivity index (χ2v) is 25.0. The zero-order valence-electron chi connectivity index (χ0n) is 38.7. The van der Waals surface area contributed by atoms with E-state index in [-0.39, 0.29) is 39.6 Å². The molecule has 8 aliphatic rings. The Hall–Kier alpha value is -1.11. The molecule has 0 radical (unpaired) electrons. The van der Waals surface area contributed by atoms with Gasteiger partial charge in [-0.25, -0.2) is 0 Å². The van der Waals surface area contributed by atoms with Crippen molar-refractivity contribution in [2.24, 2.45) is 92.7 Å². The Labute approximate surface area is 353 Å². The summed E-state index contributed by atoms with van der Waals surface area (Å²) in [6.07, 6.45) is 20.0. The summed E-state index contributed by atoms with van der Waals surface area (Å²) in [5, 5.41) is 30.6. The molecule has 6 heteroatoms. The first-order valence-corrected chi connectivity index (χ1v) is 24.6. The Balaban J connectivity index is 0.000000177. The third-order valence-corrected chi connectivity index (χ3v) is 20.4. The highest BCUT2D eigenvalue weighted by Gasteiger charge is 2.65. The monoisotopic (exact) mass is 807 g/mol. The van der Waals surface area contributed by atoms with E-state index < -0.39 is 11.2 Å². The lowest BCUT2D eigenvalue weighted by atomic mass is 9.44. The lowest BCUT2D eigenvalue weighted by Gasteiger charge is -2.60. The van der Waals surface area contributed by atoms with E-state index >= 15 is 0 Å². The highest BCUT2D eigenvalue weighted by molar-refractivity contribution is 5.86. The second-order valence-electron chi connectivity index (χ2n) is 25.0. The molecule has 0 aliphatic heterocycles. The zero-order valence-corrected chi connectivity index (χ0v) is 38.7. The standard InChI is InChI=1S/C26H44O3.C26H42O3/c2*1-16(10-12-24(2,3)29)20-8-9-21-19-7-6-17-14-18(27)11-13-25(17,4)23(19)22(28)15-26(20,21)5/h16-21,23,27,29H,6-15H2,1-5H3;16-17,19-21,23,29H,6-15H2,1-5H3/t16-,17+,18+,19+,20-,21+,23-,25+,26-;16-,17+,19+,20-,21+,23-,25+,26-/m11/s1. The summed E-state index contributed by atoms with van der Waals surface area (Å²) in [6.45, 7) is 21.9. The van der Waals surface area contributed by atoms with Crippen molar-refractivity contribution in [1.82, 2.24) is 0 Å². The van der Waals surface area contributed by atoms with Crippen LogP contribution in [0.5, 0.6) is 0 Å². The number of hydrogen-bond acceptors (Lipinski definition) is 6. The molecule has 58 heavy (non-hydrogen) atoms. The Morgan fingerprint density at radius 2 is 1.05 bits per heavy atom.